The third-order valence-electron chi connectivity index (χ3n) is 4.93. The van der Waals surface area contributed by atoms with Crippen LogP contribution >= 0.6 is 0 Å². The standard InChI is InChI=1S/C19H26N4O/c1-13(2)15-8-4-3-7-14(15)12-23-10-6-5-9-17(23)18-16(19(20)24)11-21-22-18/h3-4,7-8,11,13,17H,5-6,9-10,12H2,1-2H3,(H2,20,24)(H,21,22). The van der Waals surface area contributed by atoms with Crippen molar-refractivity contribution < 1.29 is 4.79 Å². The Hall–Kier alpha value is -2.14. The van der Waals surface area contributed by atoms with Gasteiger partial charge in [-0.25, -0.2) is 0 Å². The summed E-state index contributed by atoms with van der Waals surface area (Å²) in [5, 5.41) is 7.07. The Bertz CT molecular complexity index is 707. The summed E-state index contributed by atoms with van der Waals surface area (Å²) in [7, 11) is 0. The van der Waals surface area contributed by atoms with Gasteiger partial charge in [0.25, 0.3) is 5.91 Å². The van der Waals surface area contributed by atoms with Crippen LogP contribution in [0.4, 0.5) is 0 Å². The average Bonchev–Trinajstić information content (AvgIpc) is 3.05. The van der Waals surface area contributed by atoms with E-state index in [1.807, 2.05) is 0 Å². The van der Waals surface area contributed by atoms with Crippen molar-refractivity contribution in [3.8, 4) is 0 Å². The van der Waals surface area contributed by atoms with Gasteiger partial charge in [0.2, 0.25) is 0 Å². The van der Waals surface area contributed by atoms with E-state index in [0.29, 0.717) is 11.5 Å². The molecule has 3 N–H and O–H groups in total. The quantitative estimate of drug-likeness (QED) is 0.884. The van der Waals surface area contributed by atoms with E-state index in [2.05, 4.69) is 53.2 Å². The van der Waals surface area contributed by atoms with Crippen LogP contribution in [0.5, 0.6) is 0 Å². The SMILES string of the molecule is CC(C)c1ccccc1CN1CCCCC1c1[nH]ncc1C(N)=O. The van der Waals surface area contributed by atoms with Gasteiger partial charge >= 0.3 is 0 Å². The minimum atomic E-state index is -0.410. The van der Waals surface area contributed by atoms with Gasteiger partial charge in [-0.3, -0.25) is 14.8 Å². The number of hydrogen-bond acceptors (Lipinski definition) is 3. The number of piperidine rings is 1. The summed E-state index contributed by atoms with van der Waals surface area (Å²) in [6.45, 7) is 6.36. The molecule has 1 aliphatic rings. The molecular weight excluding hydrogens is 300 g/mol. The molecule has 2 aromatic rings. The number of benzene rings is 1. The molecule has 24 heavy (non-hydrogen) atoms. The summed E-state index contributed by atoms with van der Waals surface area (Å²) < 4.78 is 0. The van der Waals surface area contributed by atoms with Crippen LogP contribution in [0, 0.1) is 0 Å². The summed E-state index contributed by atoms with van der Waals surface area (Å²) in [4.78, 5) is 14.1. The van der Waals surface area contributed by atoms with E-state index in [9.17, 15) is 4.79 Å². The smallest absolute Gasteiger partial charge is 0.252 e. The Labute approximate surface area is 143 Å². The van der Waals surface area contributed by atoms with E-state index in [1.165, 1.54) is 17.5 Å². The maximum absolute atomic E-state index is 11.7. The fourth-order valence-electron chi connectivity index (χ4n) is 3.71. The van der Waals surface area contributed by atoms with Crippen molar-refractivity contribution in [3.05, 3.63) is 52.8 Å². The van der Waals surface area contributed by atoms with Crippen LogP contribution in [0.2, 0.25) is 0 Å². The van der Waals surface area contributed by atoms with Crippen LogP contribution in [0.25, 0.3) is 0 Å². The predicted octanol–water partition coefficient (Wildman–Crippen LogP) is 3.36. The number of aromatic nitrogens is 2. The van der Waals surface area contributed by atoms with Gasteiger partial charge in [0.15, 0.2) is 0 Å². The van der Waals surface area contributed by atoms with Gasteiger partial charge in [-0.15, -0.1) is 0 Å². The van der Waals surface area contributed by atoms with Crippen LogP contribution in [-0.2, 0) is 6.54 Å². The molecular formula is C19H26N4O. The molecule has 0 radical (unpaired) electrons. The summed E-state index contributed by atoms with van der Waals surface area (Å²) in [5.41, 5.74) is 9.64. The monoisotopic (exact) mass is 326 g/mol. The fourth-order valence-corrected chi connectivity index (χ4v) is 3.71. The number of rotatable bonds is 5. The Balaban J connectivity index is 1.88. The first-order valence-corrected chi connectivity index (χ1v) is 8.73. The molecule has 5 heteroatoms. The first-order chi connectivity index (χ1) is 11.6. The number of primary amides is 1. The second kappa shape index (κ2) is 7.18. The largest absolute Gasteiger partial charge is 0.365 e. The molecule has 0 saturated carbocycles. The molecule has 1 aliphatic heterocycles. The van der Waals surface area contributed by atoms with Crippen LogP contribution in [-0.4, -0.2) is 27.5 Å². The zero-order chi connectivity index (χ0) is 17.1. The zero-order valence-electron chi connectivity index (χ0n) is 14.5. The molecule has 1 aromatic carbocycles. The average molecular weight is 326 g/mol. The van der Waals surface area contributed by atoms with E-state index in [1.54, 1.807) is 6.20 Å². The van der Waals surface area contributed by atoms with E-state index in [0.717, 1.165) is 31.6 Å². The second-order valence-corrected chi connectivity index (χ2v) is 6.90. The van der Waals surface area contributed by atoms with Crippen molar-refractivity contribution in [3.63, 3.8) is 0 Å². The van der Waals surface area contributed by atoms with E-state index >= 15 is 0 Å². The normalized spacial score (nSPS) is 18.9. The fraction of sp³-hybridized carbons (Fsp3) is 0.474. The van der Waals surface area contributed by atoms with Crippen LogP contribution in [0.3, 0.4) is 0 Å². The van der Waals surface area contributed by atoms with Crippen molar-refractivity contribution in [1.82, 2.24) is 15.1 Å². The molecule has 1 atom stereocenters. The highest BCUT2D eigenvalue weighted by atomic mass is 16.1. The second-order valence-electron chi connectivity index (χ2n) is 6.90. The first kappa shape index (κ1) is 16.7. The number of nitrogens with one attached hydrogen (secondary N) is 1. The Morgan fingerprint density at radius 2 is 2.17 bits per heavy atom. The number of carbonyl (C=O) groups excluding carboxylic acids is 1. The molecule has 1 aromatic heterocycles. The van der Waals surface area contributed by atoms with Crippen molar-refractivity contribution >= 4 is 5.91 Å². The van der Waals surface area contributed by atoms with Crippen molar-refractivity contribution in [2.24, 2.45) is 5.73 Å². The number of amides is 1. The predicted molar refractivity (Wildman–Crippen MR) is 94.6 cm³/mol. The lowest BCUT2D eigenvalue weighted by molar-refractivity contribution is 0.0990. The Morgan fingerprint density at radius 3 is 2.92 bits per heavy atom. The third kappa shape index (κ3) is 3.36. The maximum Gasteiger partial charge on any atom is 0.252 e. The number of H-pyrrole nitrogens is 1. The molecule has 5 nitrogen and oxygen atoms in total. The molecule has 0 spiro atoms. The zero-order valence-corrected chi connectivity index (χ0v) is 14.5. The molecule has 1 saturated heterocycles. The van der Waals surface area contributed by atoms with E-state index < -0.39 is 5.91 Å². The molecule has 0 aliphatic carbocycles. The topological polar surface area (TPSA) is 75.0 Å². The Morgan fingerprint density at radius 1 is 1.38 bits per heavy atom. The summed E-state index contributed by atoms with van der Waals surface area (Å²) in [6, 6.07) is 8.80. The molecule has 1 fully saturated rings. The molecule has 3 rings (SSSR count). The first-order valence-electron chi connectivity index (χ1n) is 8.73. The van der Waals surface area contributed by atoms with Crippen LogP contribution < -0.4 is 5.73 Å². The number of aromatic amines is 1. The number of carbonyl (C=O) groups is 1. The minimum Gasteiger partial charge on any atom is -0.365 e. The number of likely N-dealkylation sites (tertiary alicyclic amines) is 1. The molecule has 128 valence electrons. The summed E-state index contributed by atoms with van der Waals surface area (Å²) in [6.07, 6.45) is 4.91. The molecule has 2 heterocycles. The van der Waals surface area contributed by atoms with Gasteiger partial charge in [0.05, 0.1) is 23.5 Å². The minimum absolute atomic E-state index is 0.170. The van der Waals surface area contributed by atoms with Crippen molar-refractivity contribution in [1.29, 1.82) is 0 Å². The van der Waals surface area contributed by atoms with Gasteiger partial charge in [-0.2, -0.15) is 5.10 Å². The van der Waals surface area contributed by atoms with Gasteiger partial charge < -0.3 is 5.73 Å². The lowest BCUT2D eigenvalue weighted by Crippen LogP contribution is -2.34. The van der Waals surface area contributed by atoms with Gasteiger partial charge in [-0.05, 0) is 36.4 Å². The lowest BCUT2D eigenvalue weighted by Gasteiger charge is -2.36. The number of hydrogen-bond donors (Lipinski definition) is 2. The van der Waals surface area contributed by atoms with Gasteiger partial charge in [-0.1, -0.05) is 44.5 Å². The van der Waals surface area contributed by atoms with E-state index in [4.69, 9.17) is 5.73 Å². The van der Waals surface area contributed by atoms with Crippen LogP contribution in [0.15, 0.2) is 30.5 Å². The molecule has 1 unspecified atom stereocenters. The summed E-state index contributed by atoms with van der Waals surface area (Å²) >= 11 is 0. The lowest BCUT2D eigenvalue weighted by atomic mass is 9.93. The van der Waals surface area contributed by atoms with Crippen LogP contribution in [0.1, 0.15) is 72.2 Å². The van der Waals surface area contributed by atoms with E-state index in [-0.39, 0.29) is 6.04 Å². The van der Waals surface area contributed by atoms with Crippen molar-refractivity contribution in [2.45, 2.75) is 51.6 Å². The maximum atomic E-state index is 11.7. The molecule has 1 amide bonds. The molecule has 0 bridgehead atoms. The highest BCUT2D eigenvalue weighted by Crippen LogP contribution is 2.33. The highest BCUT2D eigenvalue weighted by Gasteiger charge is 2.29. The number of nitrogens with two attached hydrogens (primary N) is 1. The third-order valence-corrected chi connectivity index (χ3v) is 4.93. The summed E-state index contributed by atoms with van der Waals surface area (Å²) in [5.74, 6) is 0.0876. The van der Waals surface area contributed by atoms with Gasteiger partial charge in [0, 0.05) is 6.54 Å². The highest BCUT2D eigenvalue weighted by molar-refractivity contribution is 5.93. The van der Waals surface area contributed by atoms with Gasteiger partial charge in [0.1, 0.15) is 0 Å². The Kier molecular flexibility index (Phi) is 5.00. The number of nitrogens with zero attached hydrogens (tertiary/aromatic N) is 2. The van der Waals surface area contributed by atoms with Crippen molar-refractivity contribution in [2.75, 3.05) is 6.54 Å².